The summed E-state index contributed by atoms with van der Waals surface area (Å²) in [6, 6.07) is 6.97. The highest BCUT2D eigenvalue weighted by atomic mass is 32.2. The molecule has 1 nitrogen and oxygen atoms in total. The maximum absolute atomic E-state index is 6.06. The van der Waals surface area contributed by atoms with Crippen molar-refractivity contribution >= 4 is 11.8 Å². The molecule has 2 heteroatoms. The molecule has 1 aliphatic rings. The van der Waals surface area contributed by atoms with Crippen LogP contribution in [0, 0.1) is 0 Å². The van der Waals surface area contributed by atoms with Crippen molar-refractivity contribution in [3.63, 3.8) is 0 Å². The molecule has 0 radical (unpaired) electrons. The van der Waals surface area contributed by atoms with Crippen LogP contribution >= 0.6 is 11.8 Å². The van der Waals surface area contributed by atoms with Crippen LogP contribution in [0.1, 0.15) is 30.5 Å². The monoisotopic (exact) mass is 193 g/mol. The number of hydrogen-bond donors (Lipinski definition) is 1. The minimum absolute atomic E-state index is 0.266. The molecular formula is C11H15NS. The molecule has 1 unspecified atom stereocenters. The Morgan fingerprint density at radius 2 is 2.38 bits per heavy atom. The zero-order valence-electron chi connectivity index (χ0n) is 7.92. The molecule has 0 saturated carbocycles. The van der Waals surface area contributed by atoms with E-state index in [1.54, 1.807) is 0 Å². The van der Waals surface area contributed by atoms with Gasteiger partial charge in [0.05, 0.1) is 0 Å². The molecule has 0 aliphatic carbocycles. The highest BCUT2D eigenvalue weighted by molar-refractivity contribution is 7.99. The van der Waals surface area contributed by atoms with Crippen LogP contribution in [0.15, 0.2) is 23.1 Å². The second-order valence-electron chi connectivity index (χ2n) is 3.47. The summed E-state index contributed by atoms with van der Waals surface area (Å²) in [6.45, 7) is 2.18. The highest BCUT2D eigenvalue weighted by Crippen LogP contribution is 2.35. The van der Waals surface area contributed by atoms with Crippen LogP contribution in [0.5, 0.6) is 0 Å². The van der Waals surface area contributed by atoms with Gasteiger partial charge in [0.1, 0.15) is 0 Å². The quantitative estimate of drug-likeness (QED) is 0.742. The SMILES string of the molecule is CCc1ccc2c(c1)C(N)CCS2. The van der Waals surface area contributed by atoms with E-state index in [-0.39, 0.29) is 6.04 Å². The van der Waals surface area contributed by atoms with Crippen LogP contribution in [-0.4, -0.2) is 5.75 Å². The molecule has 1 atom stereocenters. The van der Waals surface area contributed by atoms with Crippen LogP contribution in [0.25, 0.3) is 0 Å². The van der Waals surface area contributed by atoms with Crippen LogP contribution in [-0.2, 0) is 6.42 Å². The Balaban J connectivity index is 2.41. The summed E-state index contributed by atoms with van der Waals surface area (Å²) in [6.07, 6.45) is 2.22. The molecule has 70 valence electrons. The van der Waals surface area contributed by atoms with Crippen LogP contribution < -0.4 is 5.73 Å². The fourth-order valence-corrected chi connectivity index (χ4v) is 2.82. The lowest BCUT2D eigenvalue weighted by molar-refractivity contribution is 0.679. The number of thioether (sulfide) groups is 1. The van der Waals surface area contributed by atoms with Crippen molar-refractivity contribution in [3.05, 3.63) is 29.3 Å². The highest BCUT2D eigenvalue weighted by Gasteiger charge is 2.16. The van der Waals surface area contributed by atoms with Gasteiger partial charge in [-0.3, -0.25) is 0 Å². The van der Waals surface area contributed by atoms with Gasteiger partial charge in [-0.05, 0) is 35.8 Å². The van der Waals surface area contributed by atoms with Gasteiger partial charge >= 0.3 is 0 Å². The Bertz CT molecular complexity index is 309. The number of aryl methyl sites for hydroxylation is 1. The van der Waals surface area contributed by atoms with Crippen molar-refractivity contribution in [2.45, 2.75) is 30.7 Å². The van der Waals surface area contributed by atoms with Gasteiger partial charge < -0.3 is 5.73 Å². The number of benzene rings is 1. The Morgan fingerprint density at radius 1 is 1.54 bits per heavy atom. The van der Waals surface area contributed by atoms with Crippen molar-refractivity contribution in [3.8, 4) is 0 Å². The lowest BCUT2D eigenvalue weighted by Crippen LogP contribution is -2.16. The fraction of sp³-hybridized carbons (Fsp3) is 0.455. The molecule has 0 saturated heterocycles. The molecular weight excluding hydrogens is 178 g/mol. The molecule has 1 aliphatic heterocycles. The third-order valence-electron chi connectivity index (χ3n) is 2.57. The standard InChI is InChI=1S/C11H15NS/c1-2-8-3-4-11-9(7-8)10(12)5-6-13-11/h3-4,7,10H,2,5-6,12H2,1H3. The average Bonchev–Trinajstić information content (AvgIpc) is 2.18. The Hall–Kier alpha value is -0.470. The van der Waals surface area contributed by atoms with E-state index in [9.17, 15) is 0 Å². The van der Waals surface area contributed by atoms with E-state index < -0.39 is 0 Å². The maximum atomic E-state index is 6.06. The van der Waals surface area contributed by atoms with Gasteiger partial charge in [-0.2, -0.15) is 0 Å². The second-order valence-corrected chi connectivity index (χ2v) is 4.61. The zero-order chi connectivity index (χ0) is 9.26. The van der Waals surface area contributed by atoms with E-state index in [2.05, 4.69) is 25.1 Å². The number of fused-ring (bicyclic) bond motifs is 1. The van der Waals surface area contributed by atoms with Gasteiger partial charge in [0.25, 0.3) is 0 Å². The topological polar surface area (TPSA) is 26.0 Å². The number of rotatable bonds is 1. The van der Waals surface area contributed by atoms with Crippen molar-refractivity contribution < 1.29 is 0 Å². The summed E-state index contributed by atoms with van der Waals surface area (Å²) in [4.78, 5) is 1.39. The molecule has 0 aromatic heterocycles. The minimum atomic E-state index is 0.266. The summed E-state index contributed by atoms with van der Waals surface area (Å²) >= 11 is 1.93. The molecule has 2 rings (SSSR count). The Labute approximate surface area is 83.7 Å². The van der Waals surface area contributed by atoms with Gasteiger partial charge in [-0.15, -0.1) is 11.8 Å². The second kappa shape index (κ2) is 3.72. The van der Waals surface area contributed by atoms with E-state index >= 15 is 0 Å². The van der Waals surface area contributed by atoms with E-state index in [1.165, 1.54) is 21.8 Å². The zero-order valence-corrected chi connectivity index (χ0v) is 8.73. The molecule has 0 bridgehead atoms. The normalized spacial score (nSPS) is 21.2. The summed E-state index contributed by atoms with van der Waals surface area (Å²) in [5.41, 5.74) is 8.81. The first-order valence-electron chi connectivity index (χ1n) is 4.82. The molecule has 2 N–H and O–H groups in total. The van der Waals surface area contributed by atoms with Crippen molar-refractivity contribution in [1.82, 2.24) is 0 Å². The maximum Gasteiger partial charge on any atom is 0.0314 e. The van der Waals surface area contributed by atoms with Gasteiger partial charge in [0.2, 0.25) is 0 Å². The Kier molecular flexibility index (Phi) is 2.61. The summed E-state index contributed by atoms with van der Waals surface area (Å²) in [5.74, 6) is 1.17. The van der Waals surface area contributed by atoms with Crippen LogP contribution in [0.3, 0.4) is 0 Å². The molecule has 0 fully saturated rings. The van der Waals surface area contributed by atoms with E-state index in [1.807, 2.05) is 11.8 Å². The molecule has 1 aromatic carbocycles. The first-order chi connectivity index (χ1) is 6.31. The van der Waals surface area contributed by atoms with Crippen LogP contribution in [0.4, 0.5) is 0 Å². The molecule has 0 spiro atoms. The van der Waals surface area contributed by atoms with Gasteiger partial charge in [-0.25, -0.2) is 0 Å². The predicted molar refractivity (Wildman–Crippen MR) is 58.1 cm³/mol. The first kappa shape index (κ1) is 9.10. The van der Waals surface area contributed by atoms with Gasteiger partial charge in [0, 0.05) is 10.9 Å². The lowest BCUT2D eigenvalue weighted by Gasteiger charge is -2.22. The largest absolute Gasteiger partial charge is 0.324 e. The third-order valence-corrected chi connectivity index (χ3v) is 3.69. The molecule has 1 aromatic rings. The third kappa shape index (κ3) is 1.74. The molecule has 13 heavy (non-hydrogen) atoms. The molecule has 0 amide bonds. The lowest BCUT2D eigenvalue weighted by atomic mass is 10.0. The van der Waals surface area contributed by atoms with Crippen LogP contribution in [0.2, 0.25) is 0 Å². The summed E-state index contributed by atoms with van der Waals surface area (Å²) in [5, 5.41) is 0. The number of hydrogen-bond acceptors (Lipinski definition) is 2. The summed E-state index contributed by atoms with van der Waals surface area (Å²) in [7, 11) is 0. The number of nitrogens with two attached hydrogens (primary N) is 1. The fourth-order valence-electron chi connectivity index (χ4n) is 1.69. The average molecular weight is 193 g/mol. The van der Waals surface area contributed by atoms with E-state index in [0.29, 0.717) is 0 Å². The van der Waals surface area contributed by atoms with Crippen molar-refractivity contribution in [2.24, 2.45) is 5.73 Å². The summed E-state index contributed by atoms with van der Waals surface area (Å²) < 4.78 is 0. The van der Waals surface area contributed by atoms with E-state index in [0.717, 1.165) is 12.8 Å². The smallest absolute Gasteiger partial charge is 0.0314 e. The minimum Gasteiger partial charge on any atom is -0.324 e. The van der Waals surface area contributed by atoms with Gasteiger partial charge in [-0.1, -0.05) is 19.1 Å². The van der Waals surface area contributed by atoms with E-state index in [4.69, 9.17) is 5.73 Å². The predicted octanol–water partition coefficient (Wildman–Crippen LogP) is 2.74. The Morgan fingerprint density at radius 3 is 3.15 bits per heavy atom. The van der Waals surface area contributed by atoms with Gasteiger partial charge in [0.15, 0.2) is 0 Å². The van der Waals surface area contributed by atoms with Crippen molar-refractivity contribution in [1.29, 1.82) is 0 Å². The first-order valence-corrected chi connectivity index (χ1v) is 5.81. The molecule has 1 heterocycles. The van der Waals surface area contributed by atoms with Crippen molar-refractivity contribution in [2.75, 3.05) is 5.75 Å².